The molecule has 1 saturated heterocycles. The number of hydrogen-bond acceptors (Lipinski definition) is 5. The largest absolute Gasteiger partial charge is 0.483 e. The fourth-order valence-electron chi connectivity index (χ4n) is 3.37. The number of carbonyl (C=O) groups excluding carboxylic acids is 2. The van der Waals surface area contributed by atoms with Crippen molar-refractivity contribution in [2.75, 3.05) is 16.8 Å². The van der Waals surface area contributed by atoms with Crippen LogP contribution in [-0.4, -0.2) is 23.6 Å². The highest BCUT2D eigenvalue weighted by Gasteiger charge is 2.34. The molecular weight excluding hydrogens is 434 g/mol. The lowest BCUT2D eigenvalue weighted by Crippen LogP contribution is -2.28. The van der Waals surface area contributed by atoms with Crippen molar-refractivity contribution in [3.63, 3.8) is 0 Å². The predicted molar refractivity (Wildman–Crippen MR) is 134 cm³/mol. The molecule has 3 aromatic rings. The molecule has 1 aliphatic rings. The number of rotatable bonds is 6. The first-order chi connectivity index (χ1) is 15.9. The molecule has 0 spiro atoms. The Bertz CT molecular complexity index is 1250. The molecule has 4 rings (SSSR count). The Hall–Kier alpha value is -3.84. The van der Waals surface area contributed by atoms with Gasteiger partial charge in [0.25, 0.3) is 11.8 Å². The number of nitrogens with one attached hydrogen (secondary N) is 2. The molecule has 166 valence electrons. The second-order valence-electron chi connectivity index (χ2n) is 7.58. The Balaban J connectivity index is 1.49. The minimum absolute atomic E-state index is 0.149. The van der Waals surface area contributed by atoms with Crippen LogP contribution in [0.5, 0.6) is 5.75 Å². The molecule has 33 heavy (non-hydrogen) atoms. The zero-order chi connectivity index (χ0) is 23.4. The number of amides is 2. The summed E-state index contributed by atoms with van der Waals surface area (Å²) >= 11 is 1.10. The van der Waals surface area contributed by atoms with Crippen molar-refractivity contribution in [3.05, 3.63) is 94.4 Å². The molecule has 0 unspecified atom stereocenters. The van der Waals surface area contributed by atoms with E-state index in [1.54, 1.807) is 18.2 Å². The highest BCUT2D eigenvalue weighted by Crippen LogP contribution is 2.37. The van der Waals surface area contributed by atoms with Gasteiger partial charge in [-0.1, -0.05) is 54.1 Å². The number of amidine groups is 1. The number of aryl methyl sites for hydroxylation is 2. The first kappa shape index (κ1) is 22.4. The third-order valence-electron chi connectivity index (χ3n) is 5.08. The van der Waals surface area contributed by atoms with Crippen molar-refractivity contribution in [2.45, 2.75) is 13.8 Å². The summed E-state index contributed by atoms with van der Waals surface area (Å²) in [6.07, 6.45) is 1.70. The van der Waals surface area contributed by atoms with Gasteiger partial charge in [0.15, 0.2) is 11.8 Å². The third-order valence-corrected chi connectivity index (χ3v) is 5.97. The minimum atomic E-state index is -0.278. The highest BCUT2D eigenvalue weighted by molar-refractivity contribution is 8.19. The summed E-state index contributed by atoms with van der Waals surface area (Å²) in [5, 5.41) is 11.3. The molecule has 0 bridgehead atoms. The van der Waals surface area contributed by atoms with Crippen molar-refractivity contribution in [1.29, 1.82) is 5.41 Å². The number of hydrogen-bond donors (Lipinski definition) is 2. The lowest BCUT2D eigenvalue weighted by atomic mass is 10.1. The molecule has 1 aliphatic heterocycles. The van der Waals surface area contributed by atoms with E-state index in [0.717, 1.165) is 22.9 Å². The lowest BCUT2D eigenvalue weighted by Gasteiger charge is -2.16. The summed E-state index contributed by atoms with van der Waals surface area (Å²) < 4.78 is 5.75. The smallest absolute Gasteiger partial charge is 0.271 e. The molecule has 1 heterocycles. The summed E-state index contributed by atoms with van der Waals surface area (Å²) in [7, 11) is 0. The van der Waals surface area contributed by atoms with Crippen molar-refractivity contribution in [2.24, 2.45) is 0 Å². The van der Waals surface area contributed by atoms with E-state index in [1.807, 2.05) is 74.5 Å². The van der Waals surface area contributed by atoms with E-state index in [0.29, 0.717) is 27.6 Å². The van der Waals surface area contributed by atoms with Crippen molar-refractivity contribution < 1.29 is 14.3 Å². The SMILES string of the molecule is Cc1ccc(NC(=O)COc2ccccc2/C=C2\SC(=N)N(c3ccccc3C)C2=O)cc1. The van der Waals surface area contributed by atoms with Gasteiger partial charge in [-0.2, -0.15) is 0 Å². The summed E-state index contributed by atoms with van der Waals surface area (Å²) in [4.78, 5) is 27.2. The number of para-hydroxylation sites is 2. The van der Waals surface area contributed by atoms with E-state index in [4.69, 9.17) is 10.1 Å². The van der Waals surface area contributed by atoms with Gasteiger partial charge in [-0.15, -0.1) is 0 Å². The summed E-state index contributed by atoms with van der Waals surface area (Å²) in [5.41, 5.74) is 4.09. The number of nitrogens with zero attached hydrogens (tertiary/aromatic N) is 1. The average Bonchev–Trinajstić information content (AvgIpc) is 3.08. The Morgan fingerprint density at radius 3 is 2.48 bits per heavy atom. The maximum atomic E-state index is 13.1. The first-order valence-corrected chi connectivity index (χ1v) is 11.2. The standard InChI is InChI=1S/C26H23N3O3S/c1-17-11-13-20(14-12-17)28-24(30)16-32-22-10-6-4-8-19(22)15-23-25(31)29(26(27)33-23)21-9-5-3-7-18(21)2/h3-15,27H,16H2,1-2H3,(H,28,30)/b23-15-,27-26?. The van der Waals surface area contributed by atoms with E-state index in [2.05, 4.69) is 5.32 Å². The second kappa shape index (κ2) is 9.75. The summed E-state index contributed by atoms with van der Waals surface area (Å²) in [6.45, 7) is 3.72. The predicted octanol–water partition coefficient (Wildman–Crippen LogP) is 5.38. The molecule has 2 amide bonds. The van der Waals surface area contributed by atoms with Crippen LogP contribution in [0.2, 0.25) is 0 Å². The van der Waals surface area contributed by atoms with Crippen molar-refractivity contribution >= 4 is 46.2 Å². The topological polar surface area (TPSA) is 82.5 Å². The van der Waals surface area contributed by atoms with E-state index in [1.165, 1.54) is 4.90 Å². The molecule has 0 aliphatic carbocycles. The van der Waals surface area contributed by atoms with Gasteiger partial charge in [0.2, 0.25) is 0 Å². The van der Waals surface area contributed by atoms with Gasteiger partial charge in [-0.25, -0.2) is 0 Å². The van der Waals surface area contributed by atoms with Crippen LogP contribution in [-0.2, 0) is 9.59 Å². The molecule has 0 atom stereocenters. The Kier molecular flexibility index (Phi) is 6.60. The molecule has 6 nitrogen and oxygen atoms in total. The van der Waals surface area contributed by atoms with Crippen LogP contribution in [0.25, 0.3) is 6.08 Å². The normalized spacial score (nSPS) is 14.6. The molecule has 0 radical (unpaired) electrons. The van der Waals surface area contributed by atoms with Gasteiger partial charge in [0, 0.05) is 11.3 Å². The Morgan fingerprint density at radius 2 is 1.73 bits per heavy atom. The van der Waals surface area contributed by atoms with Crippen LogP contribution >= 0.6 is 11.8 Å². The van der Waals surface area contributed by atoms with Crippen LogP contribution in [0.4, 0.5) is 11.4 Å². The fourth-order valence-corrected chi connectivity index (χ4v) is 4.22. The van der Waals surface area contributed by atoms with E-state index < -0.39 is 0 Å². The minimum Gasteiger partial charge on any atom is -0.483 e. The molecule has 2 N–H and O–H groups in total. The maximum Gasteiger partial charge on any atom is 0.271 e. The number of thioether (sulfide) groups is 1. The zero-order valence-electron chi connectivity index (χ0n) is 18.3. The number of ether oxygens (including phenoxy) is 1. The monoisotopic (exact) mass is 457 g/mol. The van der Waals surface area contributed by atoms with Crippen LogP contribution in [0.3, 0.4) is 0 Å². The molecule has 1 fully saturated rings. The van der Waals surface area contributed by atoms with Gasteiger partial charge in [-0.3, -0.25) is 19.9 Å². The van der Waals surface area contributed by atoms with Crippen LogP contribution < -0.4 is 15.0 Å². The maximum absolute atomic E-state index is 13.1. The number of benzene rings is 3. The lowest BCUT2D eigenvalue weighted by molar-refractivity contribution is -0.118. The molecule has 3 aromatic carbocycles. The van der Waals surface area contributed by atoms with Gasteiger partial charge in [0.05, 0.1) is 10.6 Å². The second-order valence-corrected chi connectivity index (χ2v) is 8.61. The van der Waals surface area contributed by atoms with Crippen molar-refractivity contribution in [3.8, 4) is 5.75 Å². The highest BCUT2D eigenvalue weighted by atomic mass is 32.2. The quantitative estimate of drug-likeness (QED) is 0.487. The van der Waals surface area contributed by atoms with Crippen LogP contribution in [0.15, 0.2) is 77.7 Å². The number of carbonyl (C=O) groups is 2. The van der Waals surface area contributed by atoms with Gasteiger partial charge < -0.3 is 10.1 Å². The van der Waals surface area contributed by atoms with Gasteiger partial charge in [-0.05, 0) is 61.5 Å². The fraction of sp³-hybridized carbons (Fsp3) is 0.115. The van der Waals surface area contributed by atoms with Gasteiger partial charge in [0.1, 0.15) is 5.75 Å². The van der Waals surface area contributed by atoms with Crippen molar-refractivity contribution in [1.82, 2.24) is 0 Å². The Morgan fingerprint density at radius 1 is 1.03 bits per heavy atom. The third kappa shape index (κ3) is 5.15. The van der Waals surface area contributed by atoms with Gasteiger partial charge >= 0.3 is 0 Å². The molecule has 0 saturated carbocycles. The zero-order valence-corrected chi connectivity index (χ0v) is 19.1. The van der Waals surface area contributed by atoms with E-state index in [9.17, 15) is 9.59 Å². The summed E-state index contributed by atoms with van der Waals surface area (Å²) in [6, 6.07) is 22.2. The summed E-state index contributed by atoms with van der Waals surface area (Å²) in [5.74, 6) is -0.0512. The van der Waals surface area contributed by atoms with Crippen LogP contribution in [0.1, 0.15) is 16.7 Å². The number of anilines is 2. The molecule has 0 aromatic heterocycles. The van der Waals surface area contributed by atoms with E-state index >= 15 is 0 Å². The average molecular weight is 458 g/mol. The first-order valence-electron chi connectivity index (χ1n) is 10.4. The van der Waals surface area contributed by atoms with E-state index in [-0.39, 0.29) is 23.6 Å². The molecule has 7 heteroatoms. The van der Waals surface area contributed by atoms with Crippen LogP contribution in [0, 0.1) is 19.3 Å². The Labute approximate surface area is 196 Å². The molecular formula is C26H23N3O3S.